The Morgan fingerprint density at radius 1 is 1.19 bits per heavy atom. The third-order valence-electron chi connectivity index (χ3n) is 2.77. The molecule has 0 aliphatic carbocycles. The fourth-order valence-corrected chi connectivity index (χ4v) is 1.64. The standard InChI is InChI=1S/C14H17NO/c1-11-3-5-14(6-4-11)12(2)15-9-13-7-8-16-10-13/h3-8,10,12,15H,9H2,1-2H3/t12-/m0/s1. The van der Waals surface area contributed by atoms with E-state index >= 15 is 0 Å². The average Bonchev–Trinajstić information content (AvgIpc) is 2.80. The average molecular weight is 215 g/mol. The van der Waals surface area contributed by atoms with Crippen LogP contribution in [0.5, 0.6) is 0 Å². The molecule has 1 aromatic carbocycles. The summed E-state index contributed by atoms with van der Waals surface area (Å²) in [6, 6.07) is 11.0. The van der Waals surface area contributed by atoms with E-state index in [0.717, 1.165) is 6.54 Å². The highest BCUT2D eigenvalue weighted by atomic mass is 16.3. The Morgan fingerprint density at radius 2 is 1.94 bits per heavy atom. The quantitative estimate of drug-likeness (QED) is 0.845. The van der Waals surface area contributed by atoms with E-state index in [4.69, 9.17) is 4.42 Å². The summed E-state index contributed by atoms with van der Waals surface area (Å²) in [6.45, 7) is 5.11. The normalized spacial score (nSPS) is 12.6. The predicted octanol–water partition coefficient (Wildman–Crippen LogP) is 3.44. The fraction of sp³-hybridized carbons (Fsp3) is 0.286. The van der Waals surface area contributed by atoms with Gasteiger partial charge in [-0.25, -0.2) is 0 Å². The monoisotopic (exact) mass is 215 g/mol. The summed E-state index contributed by atoms with van der Waals surface area (Å²) in [7, 11) is 0. The largest absolute Gasteiger partial charge is 0.472 e. The van der Waals surface area contributed by atoms with Crippen molar-refractivity contribution in [3.05, 3.63) is 59.5 Å². The highest BCUT2D eigenvalue weighted by molar-refractivity contribution is 5.23. The molecule has 0 saturated carbocycles. The van der Waals surface area contributed by atoms with Gasteiger partial charge in [-0.15, -0.1) is 0 Å². The van der Waals surface area contributed by atoms with E-state index in [1.165, 1.54) is 16.7 Å². The van der Waals surface area contributed by atoms with Crippen LogP contribution in [-0.4, -0.2) is 0 Å². The Labute approximate surface area is 96.3 Å². The molecule has 2 rings (SSSR count). The number of benzene rings is 1. The first-order valence-electron chi connectivity index (χ1n) is 5.57. The van der Waals surface area contributed by atoms with Gasteiger partial charge in [0, 0.05) is 18.2 Å². The van der Waals surface area contributed by atoms with Gasteiger partial charge in [0.05, 0.1) is 12.5 Å². The first-order chi connectivity index (χ1) is 7.75. The van der Waals surface area contributed by atoms with Crippen LogP contribution in [0.1, 0.15) is 29.7 Å². The van der Waals surface area contributed by atoms with Crippen molar-refractivity contribution in [3.63, 3.8) is 0 Å². The molecule has 0 bridgehead atoms. The number of aryl methyl sites for hydroxylation is 1. The molecule has 2 heteroatoms. The summed E-state index contributed by atoms with van der Waals surface area (Å²) in [5.41, 5.74) is 3.79. The number of furan rings is 1. The fourth-order valence-electron chi connectivity index (χ4n) is 1.64. The molecule has 16 heavy (non-hydrogen) atoms. The van der Waals surface area contributed by atoms with E-state index in [9.17, 15) is 0 Å². The van der Waals surface area contributed by atoms with Crippen LogP contribution in [0.25, 0.3) is 0 Å². The van der Waals surface area contributed by atoms with Crippen LogP contribution in [-0.2, 0) is 6.54 Å². The maximum atomic E-state index is 5.03. The van der Waals surface area contributed by atoms with E-state index in [1.807, 2.05) is 6.07 Å². The Bertz CT molecular complexity index is 417. The van der Waals surface area contributed by atoms with Crippen LogP contribution in [0.3, 0.4) is 0 Å². The Balaban J connectivity index is 1.93. The first-order valence-corrected chi connectivity index (χ1v) is 5.57. The number of rotatable bonds is 4. The van der Waals surface area contributed by atoms with Gasteiger partial charge in [-0.1, -0.05) is 29.8 Å². The van der Waals surface area contributed by atoms with Gasteiger partial charge < -0.3 is 9.73 Å². The van der Waals surface area contributed by atoms with Crippen LogP contribution in [0.15, 0.2) is 47.3 Å². The van der Waals surface area contributed by atoms with Gasteiger partial charge in [0.25, 0.3) is 0 Å². The van der Waals surface area contributed by atoms with E-state index in [2.05, 4.69) is 43.4 Å². The van der Waals surface area contributed by atoms with Crippen molar-refractivity contribution in [2.75, 3.05) is 0 Å². The van der Waals surface area contributed by atoms with Crippen molar-refractivity contribution in [3.8, 4) is 0 Å². The van der Waals surface area contributed by atoms with Crippen molar-refractivity contribution in [2.24, 2.45) is 0 Å². The molecule has 0 aliphatic heterocycles. The zero-order valence-corrected chi connectivity index (χ0v) is 9.73. The van der Waals surface area contributed by atoms with Crippen molar-refractivity contribution in [1.82, 2.24) is 5.32 Å². The van der Waals surface area contributed by atoms with Crippen molar-refractivity contribution >= 4 is 0 Å². The molecule has 84 valence electrons. The number of hydrogen-bond acceptors (Lipinski definition) is 2. The van der Waals surface area contributed by atoms with Gasteiger partial charge in [0.1, 0.15) is 0 Å². The second-order valence-corrected chi connectivity index (χ2v) is 4.14. The lowest BCUT2D eigenvalue weighted by atomic mass is 10.1. The van der Waals surface area contributed by atoms with Crippen molar-refractivity contribution in [2.45, 2.75) is 26.4 Å². The predicted molar refractivity (Wildman–Crippen MR) is 65.1 cm³/mol. The molecule has 0 radical (unpaired) electrons. The lowest BCUT2D eigenvalue weighted by Crippen LogP contribution is -2.17. The molecule has 0 aliphatic rings. The molecule has 0 spiro atoms. The van der Waals surface area contributed by atoms with Crippen molar-refractivity contribution < 1.29 is 4.42 Å². The van der Waals surface area contributed by atoms with Gasteiger partial charge >= 0.3 is 0 Å². The lowest BCUT2D eigenvalue weighted by molar-refractivity contribution is 0.546. The van der Waals surface area contributed by atoms with Gasteiger partial charge in [-0.05, 0) is 25.5 Å². The third-order valence-corrected chi connectivity index (χ3v) is 2.77. The van der Waals surface area contributed by atoms with Crippen LogP contribution in [0.4, 0.5) is 0 Å². The van der Waals surface area contributed by atoms with Gasteiger partial charge in [0.2, 0.25) is 0 Å². The topological polar surface area (TPSA) is 25.2 Å². The van der Waals surface area contributed by atoms with Crippen LogP contribution in [0.2, 0.25) is 0 Å². The molecule has 1 atom stereocenters. The maximum absolute atomic E-state index is 5.03. The third kappa shape index (κ3) is 2.74. The Morgan fingerprint density at radius 3 is 2.56 bits per heavy atom. The minimum absolute atomic E-state index is 0.357. The van der Waals surface area contributed by atoms with Gasteiger partial charge in [-0.3, -0.25) is 0 Å². The maximum Gasteiger partial charge on any atom is 0.0947 e. The summed E-state index contributed by atoms with van der Waals surface area (Å²) in [6.07, 6.45) is 3.47. The Kier molecular flexibility index (Phi) is 3.42. The molecule has 2 nitrogen and oxygen atoms in total. The molecular formula is C14H17NO. The molecule has 1 heterocycles. The summed E-state index contributed by atoms with van der Waals surface area (Å²) in [5.74, 6) is 0. The summed E-state index contributed by atoms with van der Waals surface area (Å²) in [4.78, 5) is 0. The van der Waals surface area contributed by atoms with E-state index in [0.29, 0.717) is 6.04 Å². The molecule has 0 amide bonds. The van der Waals surface area contributed by atoms with E-state index < -0.39 is 0 Å². The van der Waals surface area contributed by atoms with Crippen molar-refractivity contribution in [1.29, 1.82) is 0 Å². The summed E-state index contributed by atoms with van der Waals surface area (Å²) in [5, 5.41) is 3.46. The molecule has 1 N–H and O–H groups in total. The summed E-state index contributed by atoms with van der Waals surface area (Å²) < 4.78 is 5.03. The van der Waals surface area contributed by atoms with E-state index in [-0.39, 0.29) is 0 Å². The smallest absolute Gasteiger partial charge is 0.0947 e. The molecular weight excluding hydrogens is 198 g/mol. The van der Waals surface area contributed by atoms with Crippen LogP contribution in [0, 0.1) is 6.92 Å². The first kappa shape index (κ1) is 11.0. The van der Waals surface area contributed by atoms with E-state index in [1.54, 1.807) is 12.5 Å². The Hall–Kier alpha value is -1.54. The lowest BCUT2D eigenvalue weighted by Gasteiger charge is -2.13. The van der Waals surface area contributed by atoms with Crippen LogP contribution < -0.4 is 5.32 Å². The molecule has 0 fully saturated rings. The van der Waals surface area contributed by atoms with Gasteiger partial charge in [0.15, 0.2) is 0 Å². The SMILES string of the molecule is Cc1ccc([C@H](C)NCc2ccoc2)cc1. The second kappa shape index (κ2) is 4.99. The molecule has 1 aromatic heterocycles. The molecule has 0 saturated heterocycles. The molecule has 0 unspecified atom stereocenters. The van der Waals surface area contributed by atoms with Gasteiger partial charge in [-0.2, -0.15) is 0 Å². The highest BCUT2D eigenvalue weighted by Crippen LogP contribution is 2.13. The minimum atomic E-state index is 0.357. The second-order valence-electron chi connectivity index (χ2n) is 4.14. The zero-order valence-electron chi connectivity index (χ0n) is 9.73. The number of hydrogen-bond donors (Lipinski definition) is 1. The summed E-state index contributed by atoms with van der Waals surface area (Å²) >= 11 is 0. The van der Waals surface area contributed by atoms with Crippen LogP contribution >= 0.6 is 0 Å². The molecule has 2 aromatic rings. The zero-order chi connectivity index (χ0) is 11.4. The minimum Gasteiger partial charge on any atom is -0.472 e. The number of nitrogens with one attached hydrogen (secondary N) is 1. The highest BCUT2D eigenvalue weighted by Gasteiger charge is 2.04.